The molecule has 1 unspecified atom stereocenters. The van der Waals surface area contributed by atoms with Crippen LogP contribution in [-0.2, 0) is 11.2 Å². The van der Waals surface area contributed by atoms with E-state index in [1.165, 1.54) is 11.3 Å². The fourth-order valence-electron chi connectivity index (χ4n) is 2.46. The number of amides is 1. The summed E-state index contributed by atoms with van der Waals surface area (Å²) in [7, 11) is 1.78. The van der Waals surface area contributed by atoms with Crippen LogP contribution >= 0.6 is 11.3 Å². The second-order valence-corrected chi connectivity index (χ2v) is 6.92. The van der Waals surface area contributed by atoms with Crippen molar-refractivity contribution in [2.45, 2.75) is 26.3 Å². The average molecular weight is 344 g/mol. The number of nitrogens with zero attached hydrogens (tertiary/aromatic N) is 3. The summed E-state index contributed by atoms with van der Waals surface area (Å²) in [5.41, 5.74) is 1.87. The van der Waals surface area contributed by atoms with E-state index in [-0.39, 0.29) is 24.3 Å². The van der Waals surface area contributed by atoms with E-state index in [2.05, 4.69) is 44.6 Å². The molecule has 7 nitrogen and oxygen atoms in total. The topological polar surface area (TPSA) is 95.6 Å². The summed E-state index contributed by atoms with van der Waals surface area (Å²) in [4.78, 5) is 20.3. The van der Waals surface area contributed by atoms with Crippen molar-refractivity contribution in [3.63, 3.8) is 0 Å². The molecular weight excluding hydrogens is 324 g/mol. The standard InChI is InChI=1S/C16H20N6OS/c1-9(2)14(15-18-10-6-4-5-7-11(10)19-15)20-12(23)8-13-21-22-16(17-3)24-13/h4-7,9,14H,8H2,1-3H3,(H,17,22)(H,18,19)(H,20,23). The lowest BCUT2D eigenvalue weighted by atomic mass is 10.0. The normalized spacial score (nSPS) is 12.5. The zero-order chi connectivity index (χ0) is 17.1. The number of benzene rings is 1. The third-order valence-corrected chi connectivity index (χ3v) is 4.62. The van der Waals surface area contributed by atoms with Crippen molar-refractivity contribution >= 4 is 33.4 Å². The minimum Gasteiger partial charge on any atom is -0.363 e. The van der Waals surface area contributed by atoms with Crippen LogP contribution in [0, 0.1) is 5.92 Å². The van der Waals surface area contributed by atoms with E-state index in [9.17, 15) is 4.79 Å². The molecule has 3 N–H and O–H groups in total. The SMILES string of the molecule is CNc1nnc(CC(=O)NC(c2nc3ccccc3[nH]2)C(C)C)s1. The molecule has 0 aliphatic rings. The van der Waals surface area contributed by atoms with Gasteiger partial charge in [-0.15, -0.1) is 10.2 Å². The number of para-hydroxylation sites is 2. The Kier molecular flexibility index (Phi) is 4.75. The van der Waals surface area contributed by atoms with E-state index in [1.54, 1.807) is 7.05 Å². The smallest absolute Gasteiger partial charge is 0.227 e. The predicted octanol–water partition coefficient (Wildman–Crippen LogP) is 2.51. The molecule has 3 aromatic rings. The summed E-state index contributed by atoms with van der Waals surface area (Å²) in [6.07, 6.45) is 0.211. The van der Waals surface area contributed by atoms with Crippen LogP contribution in [0.3, 0.4) is 0 Å². The quantitative estimate of drug-likeness (QED) is 0.638. The number of hydrogen-bond donors (Lipinski definition) is 3. The number of rotatable bonds is 6. The van der Waals surface area contributed by atoms with E-state index >= 15 is 0 Å². The summed E-state index contributed by atoms with van der Waals surface area (Å²) in [6.45, 7) is 4.12. The molecule has 0 spiro atoms. The number of anilines is 1. The maximum atomic E-state index is 12.4. The highest BCUT2D eigenvalue weighted by atomic mass is 32.1. The first-order valence-corrected chi connectivity index (χ1v) is 8.62. The molecule has 0 saturated carbocycles. The molecule has 24 heavy (non-hydrogen) atoms. The van der Waals surface area contributed by atoms with Crippen molar-refractivity contribution in [2.24, 2.45) is 5.92 Å². The zero-order valence-electron chi connectivity index (χ0n) is 13.8. The van der Waals surface area contributed by atoms with Crippen LogP contribution < -0.4 is 10.6 Å². The van der Waals surface area contributed by atoms with Gasteiger partial charge < -0.3 is 15.6 Å². The molecule has 0 aliphatic carbocycles. The van der Waals surface area contributed by atoms with Gasteiger partial charge in [-0.3, -0.25) is 4.79 Å². The van der Waals surface area contributed by atoms with Gasteiger partial charge in [0.25, 0.3) is 0 Å². The number of aromatic amines is 1. The predicted molar refractivity (Wildman–Crippen MR) is 95.0 cm³/mol. The molecule has 0 aliphatic heterocycles. The van der Waals surface area contributed by atoms with Crippen molar-refractivity contribution < 1.29 is 4.79 Å². The highest BCUT2D eigenvalue weighted by Crippen LogP contribution is 2.22. The van der Waals surface area contributed by atoms with Gasteiger partial charge in [-0.2, -0.15) is 0 Å². The highest BCUT2D eigenvalue weighted by Gasteiger charge is 2.22. The highest BCUT2D eigenvalue weighted by molar-refractivity contribution is 7.15. The average Bonchev–Trinajstić information content (AvgIpc) is 3.18. The Bertz CT molecular complexity index is 807. The fourth-order valence-corrected chi connectivity index (χ4v) is 3.15. The second-order valence-electron chi connectivity index (χ2n) is 5.86. The lowest BCUT2D eigenvalue weighted by Gasteiger charge is -2.20. The Morgan fingerprint density at radius 1 is 1.29 bits per heavy atom. The molecule has 1 atom stereocenters. The van der Waals surface area contributed by atoms with Crippen LogP contribution in [0.2, 0.25) is 0 Å². The summed E-state index contributed by atoms with van der Waals surface area (Å²) in [5, 5.41) is 15.3. The summed E-state index contributed by atoms with van der Waals surface area (Å²) in [5.74, 6) is 0.887. The van der Waals surface area contributed by atoms with Crippen molar-refractivity contribution in [2.75, 3.05) is 12.4 Å². The summed E-state index contributed by atoms with van der Waals surface area (Å²) >= 11 is 1.38. The number of carbonyl (C=O) groups excluding carboxylic acids is 1. The van der Waals surface area contributed by atoms with Gasteiger partial charge in [-0.05, 0) is 18.1 Å². The van der Waals surface area contributed by atoms with Crippen molar-refractivity contribution in [3.05, 3.63) is 35.1 Å². The van der Waals surface area contributed by atoms with E-state index in [1.807, 2.05) is 24.3 Å². The third kappa shape index (κ3) is 3.53. The molecule has 1 amide bonds. The van der Waals surface area contributed by atoms with E-state index in [0.717, 1.165) is 16.9 Å². The molecule has 126 valence electrons. The number of aromatic nitrogens is 4. The molecule has 0 fully saturated rings. The second kappa shape index (κ2) is 6.96. The van der Waals surface area contributed by atoms with Crippen molar-refractivity contribution in [1.82, 2.24) is 25.5 Å². The lowest BCUT2D eigenvalue weighted by molar-refractivity contribution is -0.121. The molecule has 0 radical (unpaired) electrons. The fraction of sp³-hybridized carbons (Fsp3) is 0.375. The van der Waals surface area contributed by atoms with Crippen LogP contribution in [0.1, 0.15) is 30.7 Å². The molecule has 0 saturated heterocycles. The summed E-state index contributed by atoms with van der Waals surface area (Å²) < 4.78 is 0. The lowest BCUT2D eigenvalue weighted by Crippen LogP contribution is -2.33. The maximum Gasteiger partial charge on any atom is 0.227 e. The molecule has 3 rings (SSSR count). The number of H-pyrrole nitrogens is 1. The third-order valence-electron chi connectivity index (χ3n) is 3.68. The van der Waals surface area contributed by atoms with Crippen LogP contribution in [0.25, 0.3) is 11.0 Å². The largest absolute Gasteiger partial charge is 0.363 e. The van der Waals surface area contributed by atoms with Crippen LogP contribution in [0.15, 0.2) is 24.3 Å². The molecule has 8 heteroatoms. The Labute approximate surface area is 143 Å². The minimum absolute atomic E-state index is 0.0899. The number of hydrogen-bond acceptors (Lipinski definition) is 6. The van der Waals surface area contributed by atoms with E-state index in [4.69, 9.17) is 0 Å². The summed E-state index contributed by atoms with van der Waals surface area (Å²) in [6, 6.07) is 7.66. The van der Waals surface area contributed by atoms with Gasteiger partial charge in [0.15, 0.2) is 0 Å². The molecule has 0 bridgehead atoms. The minimum atomic E-state index is -0.179. The first-order chi connectivity index (χ1) is 11.6. The Morgan fingerprint density at radius 3 is 2.75 bits per heavy atom. The Hall–Kier alpha value is -2.48. The number of fused-ring (bicyclic) bond motifs is 1. The van der Waals surface area contributed by atoms with Gasteiger partial charge in [0.05, 0.1) is 23.5 Å². The van der Waals surface area contributed by atoms with Gasteiger partial charge in [-0.1, -0.05) is 37.3 Å². The number of carbonyl (C=O) groups is 1. The van der Waals surface area contributed by atoms with Crippen molar-refractivity contribution in [3.8, 4) is 0 Å². The van der Waals surface area contributed by atoms with Gasteiger partial charge in [0.2, 0.25) is 11.0 Å². The van der Waals surface area contributed by atoms with Gasteiger partial charge in [-0.25, -0.2) is 4.98 Å². The van der Waals surface area contributed by atoms with Crippen LogP contribution in [0.5, 0.6) is 0 Å². The number of imidazole rings is 1. The number of nitrogens with one attached hydrogen (secondary N) is 3. The Morgan fingerprint density at radius 2 is 2.08 bits per heavy atom. The first kappa shape index (κ1) is 16.4. The van der Waals surface area contributed by atoms with Gasteiger partial charge in [0, 0.05) is 7.05 Å². The van der Waals surface area contributed by atoms with Crippen LogP contribution in [0.4, 0.5) is 5.13 Å². The molecule has 1 aromatic carbocycles. The van der Waals surface area contributed by atoms with E-state index in [0.29, 0.717) is 10.1 Å². The molecular formula is C16H20N6OS. The zero-order valence-corrected chi connectivity index (χ0v) is 14.6. The Balaban J connectivity index is 1.74. The first-order valence-electron chi connectivity index (χ1n) is 7.81. The van der Waals surface area contributed by atoms with Gasteiger partial charge in [0.1, 0.15) is 10.8 Å². The maximum absolute atomic E-state index is 12.4. The van der Waals surface area contributed by atoms with E-state index < -0.39 is 0 Å². The van der Waals surface area contributed by atoms with Crippen LogP contribution in [-0.4, -0.2) is 33.1 Å². The molecule has 2 heterocycles. The molecule has 2 aromatic heterocycles. The monoisotopic (exact) mass is 344 g/mol. The van der Waals surface area contributed by atoms with Gasteiger partial charge >= 0.3 is 0 Å². The van der Waals surface area contributed by atoms with Crippen molar-refractivity contribution in [1.29, 1.82) is 0 Å².